The van der Waals surface area contributed by atoms with Gasteiger partial charge in [0.1, 0.15) is 11.3 Å². The molecule has 0 aliphatic carbocycles. The molecule has 0 fully saturated rings. The molecular weight excluding hydrogens is 354 g/mol. The lowest BCUT2D eigenvalue weighted by atomic mass is 10.1. The van der Waals surface area contributed by atoms with Crippen LogP contribution in [0.5, 0.6) is 0 Å². The van der Waals surface area contributed by atoms with Gasteiger partial charge in [-0.3, -0.25) is 4.79 Å². The first-order valence-corrected chi connectivity index (χ1v) is 8.61. The Morgan fingerprint density at radius 2 is 1.96 bits per heavy atom. The van der Waals surface area contributed by atoms with E-state index in [-0.39, 0.29) is 12.3 Å². The highest BCUT2D eigenvalue weighted by atomic mass is 32.1. The van der Waals surface area contributed by atoms with Gasteiger partial charge in [-0.25, -0.2) is 9.48 Å². The molecule has 2 aromatic heterocycles. The summed E-state index contributed by atoms with van der Waals surface area (Å²) in [7, 11) is 1.33. The number of aromatic nitrogens is 4. The van der Waals surface area contributed by atoms with Gasteiger partial charge in [-0.15, -0.1) is 16.4 Å². The molecule has 3 aromatic rings. The number of rotatable bonds is 5. The molecule has 0 saturated carbocycles. The van der Waals surface area contributed by atoms with Crippen LogP contribution in [0.15, 0.2) is 30.6 Å². The lowest BCUT2D eigenvalue weighted by molar-refractivity contribution is -0.115. The van der Waals surface area contributed by atoms with Crippen LogP contribution in [-0.4, -0.2) is 39.2 Å². The summed E-state index contributed by atoms with van der Waals surface area (Å²) in [5.41, 5.74) is 2.88. The van der Waals surface area contributed by atoms with Crippen molar-refractivity contribution >= 4 is 28.2 Å². The van der Waals surface area contributed by atoms with Crippen LogP contribution in [0.4, 0.5) is 5.00 Å². The van der Waals surface area contributed by atoms with Gasteiger partial charge in [0.25, 0.3) is 0 Å². The second kappa shape index (κ2) is 7.44. The van der Waals surface area contributed by atoms with Gasteiger partial charge in [-0.2, -0.15) is 0 Å². The van der Waals surface area contributed by atoms with Crippen LogP contribution >= 0.6 is 11.3 Å². The Labute approximate surface area is 153 Å². The van der Waals surface area contributed by atoms with Crippen LogP contribution in [-0.2, 0) is 16.0 Å². The first kappa shape index (κ1) is 17.7. The number of anilines is 1. The predicted molar refractivity (Wildman–Crippen MR) is 96.6 cm³/mol. The van der Waals surface area contributed by atoms with E-state index >= 15 is 0 Å². The molecule has 1 N–H and O–H groups in total. The third kappa shape index (κ3) is 3.62. The van der Waals surface area contributed by atoms with Crippen molar-refractivity contribution in [2.45, 2.75) is 20.3 Å². The predicted octanol–water partition coefficient (Wildman–Crippen LogP) is 2.31. The molecule has 1 aromatic carbocycles. The van der Waals surface area contributed by atoms with Gasteiger partial charge in [0, 0.05) is 4.88 Å². The number of nitrogens with zero attached hydrogens (tertiary/aromatic N) is 4. The lowest BCUT2D eigenvalue weighted by Crippen LogP contribution is -2.16. The summed E-state index contributed by atoms with van der Waals surface area (Å²) in [5.74, 6) is -0.653. The minimum atomic E-state index is -0.451. The molecule has 8 nitrogen and oxygen atoms in total. The van der Waals surface area contributed by atoms with Crippen molar-refractivity contribution in [3.05, 3.63) is 52.2 Å². The highest BCUT2D eigenvalue weighted by Gasteiger charge is 2.21. The standard InChI is InChI=1S/C17H17N5O3S/c1-10-11(2)26-16(15(10)17(24)25-3)19-14(23)8-12-4-6-13(7-5-12)22-9-18-20-21-22/h4-7,9H,8H2,1-3H3,(H,19,23). The zero-order valence-corrected chi connectivity index (χ0v) is 15.3. The zero-order chi connectivity index (χ0) is 18.7. The van der Waals surface area contributed by atoms with Crippen molar-refractivity contribution < 1.29 is 14.3 Å². The van der Waals surface area contributed by atoms with Crippen LogP contribution in [0, 0.1) is 13.8 Å². The van der Waals surface area contributed by atoms with E-state index in [4.69, 9.17) is 4.74 Å². The van der Waals surface area contributed by atoms with Crippen molar-refractivity contribution in [1.82, 2.24) is 20.2 Å². The topological polar surface area (TPSA) is 99.0 Å². The van der Waals surface area contributed by atoms with Gasteiger partial charge in [-0.05, 0) is 47.5 Å². The monoisotopic (exact) mass is 371 g/mol. The van der Waals surface area contributed by atoms with Crippen LogP contribution in [0.1, 0.15) is 26.4 Å². The molecule has 9 heteroatoms. The molecule has 0 atom stereocenters. The van der Waals surface area contributed by atoms with Gasteiger partial charge in [0.05, 0.1) is 24.8 Å². The van der Waals surface area contributed by atoms with Gasteiger partial charge >= 0.3 is 5.97 Å². The number of hydrogen-bond acceptors (Lipinski definition) is 7. The molecule has 0 aliphatic rings. The maximum atomic E-state index is 12.4. The van der Waals surface area contributed by atoms with Gasteiger partial charge < -0.3 is 10.1 Å². The number of nitrogens with one attached hydrogen (secondary N) is 1. The summed E-state index contributed by atoms with van der Waals surface area (Å²) in [6, 6.07) is 7.34. The number of hydrogen-bond donors (Lipinski definition) is 1. The van der Waals surface area contributed by atoms with Crippen LogP contribution in [0.25, 0.3) is 5.69 Å². The number of aryl methyl sites for hydroxylation is 1. The van der Waals surface area contributed by atoms with Crippen molar-refractivity contribution in [2.75, 3.05) is 12.4 Å². The summed E-state index contributed by atoms with van der Waals surface area (Å²) in [6.07, 6.45) is 1.68. The highest BCUT2D eigenvalue weighted by Crippen LogP contribution is 2.33. The van der Waals surface area contributed by atoms with E-state index in [0.29, 0.717) is 10.6 Å². The van der Waals surface area contributed by atoms with Crippen LogP contribution < -0.4 is 5.32 Å². The molecule has 0 radical (unpaired) electrons. The minimum Gasteiger partial charge on any atom is -0.465 e. The van der Waals surface area contributed by atoms with Crippen molar-refractivity contribution in [1.29, 1.82) is 0 Å². The summed E-state index contributed by atoms with van der Waals surface area (Å²) < 4.78 is 6.35. The van der Waals surface area contributed by atoms with Crippen LogP contribution in [0.3, 0.4) is 0 Å². The summed E-state index contributed by atoms with van der Waals surface area (Å²) in [6.45, 7) is 3.74. The van der Waals surface area contributed by atoms with E-state index in [1.165, 1.54) is 29.5 Å². The fourth-order valence-corrected chi connectivity index (χ4v) is 3.53. The molecule has 0 aliphatic heterocycles. The Bertz CT molecular complexity index is 932. The van der Waals surface area contributed by atoms with E-state index in [1.807, 2.05) is 38.1 Å². The zero-order valence-electron chi connectivity index (χ0n) is 14.5. The molecule has 0 unspecified atom stereocenters. The number of benzene rings is 1. The Morgan fingerprint density at radius 1 is 1.23 bits per heavy atom. The smallest absolute Gasteiger partial charge is 0.341 e. The molecule has 2 heterocycles. The Kier molecular flexibility index (Phi) is 5.08. The van der Waals surface area contributed by atoms with Gasteiger partial charge in [0.15, 0.2) is 0 Å². The Morgan fingerprint density at radius 3 is 2.58 bits per heavy atom. The number of esters is 1. The first-order chi connectivity index (χ1) is 12.5. The fourth-order valence-electron chi connectivity index (χ4n) is 2.47. The SMILES string of the molecule is COC(=O)c1c(NC(=O)Cc2ccc(-n3cnnn3)cc2)sc(C)c1C. The average molecular weight is 371 g/mol. The molecule has 0 bridgehead atoms. The molecule has 26 heavy (non-hydrogen) atoms. The number of thiophene rings is 1. The van der Waals surface area contributed by atoms with Crippen molar-refractivity contribution in [3.63, 3.8) is 0 Å². The van der Waals surface area contributed by atoms with Crippen molar-refractivity contribution in [2.24, 2.45) is 0 Å². The quantitative estimate of drug-likeness (QED) is 0.691. The fraction of sp³-hybridized carbons (Fsp3) is 0.235. The number of methoxy groups -OCH3 is 1. The Hall–Kier alpha value is -3.07. The second-order valence-electron chi connectivity index (χ2n) is 5.62. The van der Waals surface area contributed by atoms with Crippen molar-refractivity contribution in [3.8, 4) is 5.69 Å². The third-order valence-electron chi connectivity index (χ3n) is 3.94. The van der Waals surface area contributed by atoms with E-state index in [2.05, 4.69) is 20.8 Å². The number of amides is 1. The lowest BCUT2D eigenvalue weighted by Gasteiger charge is -2.07. The molecule has 0 spiro atoms. The number of ether oxygens (including phenoxy) is 1. The maximum Gasteiger partial charge on any atom is 0.341 e. The molecule has 0 saturated heterocycles. The minimum absolute atomic E-state index is 0.187. The van der Waals surface area contributed by atoms with E-state index in [9.17, 15) is 9.59 Å². The number of carbonyl (C=O) groups is 2. The maximum absolute atomic E-state index is 12.4. The summed E-state index contributed by atoms with van der Waals surface area (Å²) in [5, 5.41) is 14.3. The largest absolute Gasteiger partial charge is 0.465 e. The van der Waals surface area contributed by atoms with Crippen LogP contribution in [0.2, 0.25) is 0 Å². The van der Waals surface area contributed by atoms with E-state index < -0.39 is 5.97 Å². The normalized spacial score (nSPS) is 10.6. The van der Waals surface area contributed by atoms with Gasteiger partial charge in [0.2, 0.25) is 5.91 Å². The first-order valence-electron chi connectivity index (χ1n) is 7.80. The summed E-state index contributed by atoms with van der Waals surface area (Å²) in [4.78, 5) is 25.3. The summed E-state index contributed by atoms with van der Waals surface area (Å²) >= 11 is 1.37. The highest BCUT2D eigenvalue weighted by molar-refractivity contribution is 7.16. The Balaban J connectivity index is 1.72. The molecule has 3 rings (SSSR count). The average Bonchev–Trinajstić information content (AvgIpc) is 3.24. The van der Waals surface area contributed by atoms with E-state index in [1.54, 1.807) is 0 Å². The second-order valence-corrected chi connectivity index (χ2v) is 6.85. The number of carbonyl (C=O) groups excluding carboxylic acids is 2. The number of tetrazole rings is 1. The molecule has 1 amide bonds. The third-order valence-corrected chi connectivity index (χ3v) is 5.07. The molecular formula is C17H17N5O3S. The van der Waals surface area contributed by atoms with E-state index in [0.717, 1.165) is 21.7 Å². The molecule has 134 valence electrons. The van der Waals surface area contributed by atoms with Gasteiger partial charge in [-0.1, -0.05) is 12.1 Å².